The number of pyridine rings is 1. The first kappa shape index (κ1) is 19.1. The van der Waals surface area contributed by atoms with Crippen LogP contribution in [0.1, 0.15) is 25.8 Å². The van der Waals surface area contributed by atoms with Gasteiger partial charge in [0.2, 0.25) is 5.91 Å². The minimum absolute atomic E-state index is 0.0562. The van der Waals surface area contributed by atoms with Crippen LogP contribution in [0.15, 0.2) is 53.9 Å². The summed E-state index contributed by atoms with van der Waals surface area (Å²) < 4.78 is 2.01. The monoisotopic (exact) mass is 381 g/mol. The average molecular weight is 382 g/mol. The lowest BCUT2D eigenvalue weighted by Gasteiger charge is -2.08. The Morgan fingerprint density at radius 3 is 2.48 bits per heavy atom. The van der Waals surface area contributed by atoms with Gasteiger partial charge < -0.3 is 9.88 Å². The molecular weight excluding hydrogens is 358 g/mol. The third kappa shape index (κ3) is 4.95. The van der Waals surface area contributed by atoms with E-state index in [1.54, 1.807) is 12.4 Å². The van der Waals surface area contributed by atoms with Gasteiger partial charge in [0, 0.05) is 30.2 Å². The number of carbonyl (C=O) groups excluding carboxylic acids is 1. The summed E-state index contributed by atoms with van der Waals surface area (Å²) in [5.41, 5.74) is 3.06. The van der Waals surface area contributed by atoms with E-state index in [9.17, 15) is 4.79 Å². The number of aryl methyl sites for hydroxylation is 1. The van der Waals surface area contributed by atoms with E-state index >= 15 is 0 Å². The molecule has 0 unspecified atom stereocenters. The van der Waals surface area contributed by atoms with Gasteiger partial charge in [0.25, 0.3) is 0 Å². The molecule has 0 saturated carbocycles. The number of amides is 1. The van der Waals surface area contributed by atoms with E-state index in [4.69, 9.17) is 0 Å². The van der Waals surface area contributed by atoms with Crippen LogP contribution < -0.4 is 5.32 Å². The van der Waals surface area contributed by atoms with Crippen molar-refractivity contribution in [3.63, 3.8) is 0 Å². The summed E-state index contributed by atoms with van der Waals surface area (Å²) in [6.07, 6.45) is 5.63. The van der Waals surface area contributed by atoms with Crippen molar-refractivity contribution in [2.75, 3.05) is 11.1 Å². The predicted molar refractivity (Wildman–Crippen MR) is 109 cm³/mol. The molecule has 0 fully saturated rings. The quantitative estimate of drug-likeness (QED) is 0.596. The molecule has 0 atom stereocenters. The number of carbonyl (C=O) groups is 1. The summed E-state index contributed by atoms with van der Waals surface area (Å²) in [5, 5.41) is 12.2. The minimum Gasteiger partial charge on any atom is -0.325 e. The van der Waals surface area contributed by atoms with E-state index in [-0.39, 0.29) is 11.7 Å². The van der Waals surface area contributed by atoms with Crippen LogP contribution in [0.4, 0.5) is 5.69 Å². The van der Waals surface area contributed by atoms with E-state index in [2.05, 4.69) is 39.6 Å². The maximum atomic E-state index is 12.3. The molecular formula is C20H23N5OS. The van der Waals surface area contributed by atoms with Crippen molar-refractivity contribution in [3.05, 3.63) is 54.4 Å². The summed E-state index contributed by atoms with van der Waals surface area (Å²) in [5.74, 6) is 1.01. The van der Waals surface area contributed by atoms with Crippen LogP contribution in [-0.4, -0.2) is 31.4 Å². The smallest absolute Gasteiger partial charge is 0.234 e. The molecule has 140 valence electrons. The lowest BCUT2D eigenvalue weighted by molar-refractivity contribution is -0.113. The van der Waals surface area contributed by atoms with Gasteiger partial charge >= 0.3 is 0 Å². The third-order valence-electron chi connectivity index (χ3n) is 4.08. The normalized spacial score (nSPS) is 10.7. The molecule has 0 spiro atoms. The highest BCUT2D eigenvalue weighted by Crippen LogP contribution is 2.23. The first-order valence-corrected chi connectivity index (χ1v) is 10.0. The molecule has 1 N–H and O–H groups in total. The zero-order valence-corrected chi connectivity index (χ0v) is 16.4. The molecule has 0 saturated heterocycles. The van der Waals surface area contributed by atoms with Crippen LogP contribution in [0.2, 0.25) is 0 Å². The Bertz CT molecular complexity index is 877. The second kappa shape index (κ2) is 9.32. The molecule has 2 aromatic heterocycles. The molecule has 2 heterocycles. The van der Waals surface area contributed by atoms with Crippen molar-refractivity contribution in [3.8, 4) is 11.4 Å². The predicted octanol–water partition coefficient (Wildman–Crippen LogP) is 4.04. The third-order valence-corrected chi connectivity index (χ3v) is 5.05. The van der Waals surface area contributed by atoms with Gasteiger partial charge in [-0.25, -0.2) is 0 Å². The van der Waals surface area contributed by atoms with Gasteiger partial charge in [0.1, 0.15) is 0 Å². The van der Waals surface area contributed by atoms with Crippen LogP contribution in [-0.2, 0) is 17.8 Å². The molecule has 3 aromatic rings. The Balaban J connectivity index is 1.61. The van der Waals surface area contributed by atoms with Gasteiger partial charge in [-0.05, 0) is 43.2 Å². The van der Waals surface area contributed by atoms with E-state index in [0.29, 0.717) is 0 Å². The van der Waals surface area contributed by atoms with Crippen molar-refractivity contribution in [2.45, 2.75) is 38.4 Å². The summed E-state index contributed by atoms with van der Waals surface area (Å²) in [7, 11) is 0. The zero-order chi connectivity index (χ0) is 19.1. The Hall–Kier alpha value is -2.67. The van der Waals surface area contributed by atoms with Gasteiger partial charge in [-0.2, -0.15) is 0 Å². The maximum Gasteiger partial charge on any atom is 0.234 e. The molecule has 0 bridgehead atoms. The van der Waals surface area contributed by atoms with Crippen molar-refractivity contribution >= 4 is 23.4 Å². The van der Waals surface area contributed by atoms with Gasteiger partial charge in [-0.1, -0.05) is 37.2 Å². The van der Waals surface area contributed by atoms with Crippen LogP contribution in [0.3, 0.4) is 0 Å². The number of benzene rings is 1. The standard InChI is InChI=1S/C20H23N5OS/c1-3-5-15-6-8-17(9-7-15)22-18(26)14-27-20-24-23-19(25(20)4-2)16-10-12-21-13-11-16/h6-13H,3-5,14H2,1-2H3,(H,22,26). The number of thioether (sulfide) groups is 1. The molecule has 1 amide bonds. The van der Waals surface area contributed by atoms with E-state index in [1.807, 2.05) is 35.8 Å². The van der Waals surface area contributed by atoms with E-state index in [0.717, 1.165) is 41.6 Å². The van der Waals surface area contributed by atoms with Gasteiger partial charge in [0.15, 0.2) is 11.0 Å². The molecule has 3 rings (SSSR count). The fraction of sp³-hybridized carbons (Fsp3) is 0.300. The van der Waals surface area contributed by atoms with Crippen molar-refractivity contribution in [1.82, 2.24) is 19.7 Å². The number of anilines is 1. The number of nitrogens with one attached hydrogen (secondary N) is 1. The highest BCUT2D eigenvalue weighted by Gasteiger charge is 2.14. The molecule has 0 aliphatic rings. The molecule has 0 aliphatic heterocycles. The van der Waals surface area contributed by atoms with Gasteiger partial charge in [-0.15, -0.1) is 10.2 Å². The molecule has 0 radical (unpaired) electrons. The summed E-state index contributed by atoms with van der Waals surface area (Å²) >= 11 is 1.39. The van der Waals surface area contributed by atoms with Gasteiger partial charge in [-0.3, -0.25) is 9.78 Å². The lowest BCUT2D eigenvalue weighted by atomic mass is 10.1. The number of aromatic nitrogens is 4. The Morgan fingerprint density at radius 2 is 1.81 bits per heavy atom. The Kier molecular flexibility index (Phi) is 6.59. The molecule has 1 aromatic carbocycles. The average Bonchev–Trinajstić information content (AvgIpc) is 3.12. The van der Waals surface area contributed by atoms with Crippen LogP contribution in [0, 0.1) is 0 Å². The highest BCUT2D eigenvalue weighted by atomic mass is 32.2. The largest absolute Gasteiger partial charge is 0.325 e. The van der Waals surface area contributed by atoms with E-state index < -0.39 is 0 Å². The number of hydrogen-bond donors (Lipinski definition) is 1. The molecule has 0 aliphatic carbocycles. The number of nitrogens with zero attached hydrogens (tertiary/aromatic N) is 4. The fourth-order valence-corrected chi connectivity index (χ4v) is 3.57. The number of rotatable bonds is 8. The lowest BCUT2D eigenvalue weighted by Crippen LogP contribution is -2.14. The van der Waals surface area contributed by atoms with Crippen molar-refractivity contribution in [1.29, 1.82) is 0 Å². The fourth-order valence-electron chi connectivity index (χ4n) is 2.77. The molecule has 27 heavy (non-hydrogen) atoms. The van der Waals surface area contributed by atoms with Crippen LogP contribution in [0.5, 0.6) is 0 Å². The molecule has 7 heteroatoms. The first-order valence-electron chi connectivity index (χ1n) is 9.06. The Morgan fingerprint density at radius 1 is 1.07 bits per heavy atom. The summed E-state index contributed by atoms with van der Waals surface area (Å²) in [6, 6.07) is 11.8. The topological polar surface area (TPSA) is 72.7 Å². The van der Waals surface area contributed by atoms with E-state index in [1.165, 1.54) is 17.3 Å². The number of hydrogen-bond acceptors (Lipinski definition) is 5. The minimum atomic E-state index is -0.0562. The van der Waals surface area contributed by atoms with Crippen molar-refractivity contribution in [2.24, 2.45) is 0 Å². The van der Waals surface area contributed by atoms with Crippen LogP contribution in [0.25, 0.3) is 11.4 Å². The SMILES string of the molecule is CCCc1ccc(NC(=O)CSc2nnc(-c3ccncc3)n2CC)cc1. The highest BCUT2D eigenvalue weighted by molar-refractivity contribution is 7.99. The van der Waals surface area contributed by atoms with Crippen LogP contribution >= 0.6 is 11.8 Å². The molecule has 6 nitrogen and oxygen atoms in total. The second-order valence-corrected chi connectivity index (χ2v) is 7.01. The summed E-state index contributed by atoms with van der Waals surface area (Å²) in [4.78, 5) is 16.3. The first-order chi connectivity index (χ1) is 13.2. The van der Waals surface area contributed by atoms with Crippen molar-refractivity contribution < 1.29 is 4.79 Å². The second-order valence-electron chi connectivity index (χ2n) is 6.07. The Labute approximate surface area is 163 Å². The zero-order valence-electron chi connectivity index (χ0n) is 15.6. The summed E-state index contributed by atoms with van der Waals surface area (Å²) in [6.45, 7) is 4.92. The maximum absolute atomic E-state index is 12.3. The van der Waals surface area contributed by atoms with Gasteiger partial charge in [0.05, 0.1) is 5.75 Å².